The standard InChI is InChI=1S/C17H16F2N4O2/c1-9-10(2)22-23(17(25)14(9)7-20)8-16(24)21-11(3)13-5-4-12(18)6-15(13)19/h4-6,11H,8H2,1-3H3,(H,21,24)/t11-/m1/s1. The van der Waals surface area contributed by atoms with E-state index in [1.807, 2.05) is 6.07 Å². The molecule has 0 aliphatic carbocycles. The number of halogens is 2. The van der Waals surface area contributed by atoms with Gasteiger partial charge in [0, 0.05) is 11.6 Å². The van der Waals surface area contributed by atoms with Crippen molar-refractivity contribution in [1.29, 1.82) is 5.26 Å². The molecule has 0 unspecified atom stereocenters. The van der Waals surface area contributed by atoms with Gasteiger partial charge < -0.3 is 5.32 Å². The van der Waals surface area contributed by atoms with Crippen LogP contribution in [0.3, 0.4) is 0 Å². The normalized spacial score (nSPS) is 11.7. The molecular formula is C17H16F2N4O2. The van der Waals surface area contributed by atoms with Gasteiger partial charge >= 0.3 is 0 Å². The minimum absolute atomic E-state index is 0.0714. The zero-order chi connectivity index (χ0) is 18.7. The highest BCUT2D eigenvalue weighted by atomic mass is 19.1. The van der Waals surface area contributed by atoms with Crippen LogP contribution >= 0.6 is 0 Å². The predicted molar refractivity (Wildman–Crippen MR) is 85.6 cm³/mol. The number of nitrogens with zero attached hydrogens (tertiary/aromatic N) is 3. The fourth-order valence-electron chi connectivity index (χ4n) is 2.36. The molecule has 1 atom stereocenters. The topological polar surface area (TPSA) is 87.8 Å². The third-order valence-electron chi connectivity index (χ3n) is 3.85. The number of amides is 1. The minimum atomic E-state index is -0.777. The quantitative estimate of drug-likeness (QED) is 0.916. The van der Waals surface area contributed by atoms with E-state index in [1.165, 1.54) is 13.0 Å². The molecule has 8 heteroatoms. The molecule has 0 saturated heterocycles. The molecule has 130 valence electrons. The van der Waals surface area contributed by atoms with Gasteiger partial charge in [-0.2, -0.15) is 10.4 Å². The van der Waals surface area contributed by atoms with Crippen LogP contribution in [-0.2, 0) is 11.3 Å². The molecule has 0 aliphatic heterocycles. The molecule has 1 N–H and O–H groups in total. The van der Waals surface area contributed by atoms with Crippen LogP contribution in [0.5, 0.6) is 0 Å². The van der Waals surface area contributed by atoms with Crippen molar-refractivity contribution in [1.82, 2.24) is 15.1 Å². The number of benzene rings is 1. The molecule has 25 heavy (non-hydrogen) atoms. The smallest absolute Gasteiger partial charge is 0.285 e. The Balaban J connectivity index is 2.20. The summed E-state index contributed by atoms with van der Waals surface area (Å²) in [5, 5.41) is 15.6. The number of rotatable bonds is 4. The Kier molecular flexibility index (Phi) is 5.27. The van der Waals surface area contributed by atoms with Gasteiger partial charge in [-0.05, 0) is 32.4 Å². The third-order valence-corrected chi connectivity index (χ3v) is 3.85. The Morgan fingerprint density at radius 1 is 1.40 bits per heavy atom. The van der Waals surface area contributed by atoms with Crippen LogP contribution in [0, 0.1) is 36.8 Å². The molecule has 0 bridgehead atoms. The molecule has 1 heterocycles. The maximum absolute atomic E-state index is 13.7. The SMILES string of the molecule is Cc1nn(CC(=O)N[C@H](C)c2ccc(F)cc2F)c(=O)c(C#N)c1C. The first-order valence-electron chi connectivity index (χ1n) is 7.47. The first-order valence-corrected chi connectivity index (χ1v) is 7.47. The lowest BCUT2D eigenvalue weighted by molar-refractivity contribution is -0.122. The average molecular weight is 346 g/mol. The first-order chi connectivity index (χ1) is 11.7. The maximum Gasteiger partial charge on any atom is 0.285 e. The number of hydrogen-bond acceptors (Lipinski definition) is 4. The Labute approximate surface area is 142 Å². The summed E-state index contributed by atoms with van der Waals surface area (Å²) in [5.41, 5.74) is 0.305. The second kappa shape index (κ2) is 7.21. The molecule has 0 radical (unpaired) electrons. The van der Waals surface area contributed by atoms with Crippen LogP contribution in [0.2, 0.25) is 0 Å². The highest BCUT2D eigenvalue weighted by Gasteiger charge is 2.17. The van der Waals surface area contributed by atoms with Gasteiger partial charge in [-0.1, -0.05) is 6.07 Å². The molecule has 2 aromatic rings. The van der Waals surface area contributed by atoms with Crippen LogP contribution in [0.1, 0.15) is 35.3 Å². The lowest BCUT2D eigenvalue weighted by Gasteiger charge is -2.16. The van der Waals surface area contributed by atoms with E-state index in [9.17, 15) is 18.4 Å². The second-order valence-corrected chi connectivity index (χ2v) is 5.62. The molecule has 1 amide bonds. The largest absolute Gasteiger partial charge is 0.348 e. The van der Waals surface area contributed by atoms with E-state index < -0.39 is 35.7 Å². The van der Waals surface area contributed by atoms with Crippen molar-refractivity contribution in [2.45, 2.75) is 33.4 Å². The van der Waals surface area contributed by atoms with Crippen molar-refractivity contribution in [2.75, 3.05) is 0 Å². The zero-order valence-corrected chi connectivity index (χ0v) is 13.9. The molecule has 1 aromatic carbocycles. The van der Waals surface area contributed by atoms with Crippen LogP contribution in [0.4, 0.5) is 8.78 Å². The fourth-order valence-corrected chi connectivity index (χ4v) is 2.36. The van der Waals surface area contributed by atoms with Crippen LogP contribution < -0.4 is 10.9 Å². The summed E-state index contributed by atoms with van der Waals surface area (Å²) in [4.78, 5) is 24.3. The number of hydrogen-bond donors (Lipinski definition) is 1. The summed E-state index contributed by atoms with van der Waals surface area (Å²) < 4.78 is 27.6. The molecule has 1 aromatic heterocycles. The Bertz CT molecular complexity index is 931. The summed E-state index contributed by atoms with van der Waals surface area (Å²) in [5.74, 6) is -2.08. The highest BCUT2D eigenvalue weighted by Crippen LogP contribution is 2.17. The predicted octanol–water partition coefficient (Wildman–Crippen LogP) is 1.89. The van der Waals surface area contributed by atoms with Gasteiger partial charge in [-0.25, -0.2) is 13.5 Å². The summed E-state index contributed by atoms with van der Waals surface area (Å²) in [6.45, 7) is 4.35. The van der Waals surface area contributed by atoms with Gasteiger partial charge in [-0.15, -0.1) is 0 Å². The van der Waals surface area contributed by atoms with Crippen molar-refractivity contribution < 1.29 is 13.6 Å². The number of aromatic nitrogens is 2. The van der Waals surface area contributed by atoms with Crippen molar-refractivity contribution in [2.24, 2.45) is 0 Å². The van der Waals surface area contributed by atoms with Crippen molar-refractivity contribution >= 4 is 5.91 Å². The monoisotopic (exact) mass is 346 g/mol. The summed E-state index contributed by atoms with van der Waals surface area (Å²) in [7, 11) is 0. The van der Waals surface area contributed by atoms with E-state index in [0.717, 1.165) is 16.8 Å². The van der Waals surface area contributed by atoms with Crippen LogP contribution in [0.25, 0.3) is 0 Å². The zero-order valence-electron chi connectivity index (χ0n) is 13.9. The summed E-state index contributed by atoms with van der Waals surface area (Å²) in [6.07, 6.45) is 0. The van der Waals surface area contributed by atoms with Gasteiger partial charge in [-0.3, -0.25) is 9.59 Å². The average Bonchev–Trinajstić information content (AvgIpc) is 2.53. The van der Waals surface area contributed by atoms with Crippen molar-refractivity contribution in [3.63, 3.8) is 0 Å². The van der Waals surface area contributed by atoms with Crippen LogP contribution in [0.15, 0.2) is 23.0 Å². The highest BCUT2D eigenvalue weighted by molar-refractivity contribution is 5.76. The van der Waals surface area contributed by atoms with Gasteiger partial charge in [0.1, 0.15) is 29.8 Å². The van der Waals surface area contributed by atoms with E-state index in [-0.39, 0.29) is 11.1 Å². The van der Waals surface area contributed by atoms with Gasteiger partial charge in [0.05, 0.1) is 11.7 Å². The summed E-state index contributed by atoms with van der Waals surface area (Å²) >= 11 is 0. The van der Waals surface area contributed by atoms with E-state index in [2.05, 4.69) is 10.4 Å². The molecule has 0 aliphatic rings. The van der Waals surface area contributed by atoms with Gasteiger partial charge in [0.2, 0.25) is 5.91 Å². The number of nitrogens with one attached hydrogen (secondary N) is 1. The van der Waals surface area contributed by atoms with E-state index in [0.29, 0.717) is 11.3 Å². The Morgan fingerprint density at radius 3 is 2.68 bits per heavy atom. The van der Waals surface area contributed by atoms with E-state index in [4.69, 9.17) is 5.26 Å². The maximum atomic E-state index is 13.7. The fraction of sp³-hybridized carbons (Fsp3) is 0.294. The number of aryl methyl sites for hydroxylation is 1. The lowest BCUT2D eigenvalue weighted by atomic mass is 10.1. The van der Waals surface area contributed by atoms with E-state index in [1.54, 1.807) is 13.8 Å². The first kappa shape index (κ1) is 18.3. The van der Waals surface area contributed by atoms with Gasteiger partial charge in [0.25, 0.3) is 5.56 Å². The minimum Gasteiger partial charge on any atom is -0.348 e. The summed E-state index contributed by atoms with van der Waals surface area (Å²) in [6, 6.07) is 4.14. The molecule has 0 fully saturated rings. The molecule has 6 nitrogen and oxygen atoms in total. The second-order valence-electron chi connectivity index (χ2n) is 5.62. The van der Waals surface area contributed by atoms with Gasteiger partial charge in [0.15, 0.2) is 0 Å². The molecule has 0 spiro atoms. The Morgan fingerprint density at radius 2 is 2.08 bits per heavy atom. The number of carbonyl (C=O) groups excluding carboxylic acids is 1. The Hall–Kier alpha value is -3.08. The third kappa shape index (κ3) is 3.88. The van der Waals surface area contributed by atoms with Crippen molar-refractivity contribution in [3.8, 4) is 6.07 Å². The molecular weight excluding hydrogens is 330 g/mol. The number of nitriles is 1. The lowest BCUT2D eigenvalue weighted by Crippen LogP contribution is -2.36. The molecule has 0 saturated carbocycles. The van der Waals surface area contributed by atoms with Crippen LogP contribution in [-0.4, -0.2) is 15.7 Å². The number of carbonyl (C=O) groups is 1. The van der Waals surface area contributed by atoms with E-state index >= 15 is 0 Å². The van der Waals surface area contributed by atoms with Crippen molar-refractivity contribution in [3.05, 3.63) is 62.6 Å². The molecule has 2 rings (SSSR count).